The number of benzene rings is 1. The first kappa shape index (κ1) is 13.0. The van der Waals surface area contributed by atoms with E-state index in [9.17, 15) is 18.3 Å². The Morgan fingerprint density at radius 3 is 2.39 bits per heavy atom. The van der Waals surface area contributed by atoms with Crippen LogP contribution in [-0.4, -0.2) is 10.1 Å². The second-order valence-electron chi connectivity index (χ2n) is 3.85. The van der Waals surface area contributed by atoms with Gasteiger partial charge in [-0.1, -0.05) is 0 Å². The topological polar surface area (TPSA) is 33.1 Å². The zero-order valence-corrected chi connectivity index (χ0v) is 10.5. The van der Waals surface area contributed by atoms with Crippen molar-refractivity contribution in [2.24, 2.45) is 0 Å². The van der Waals surface area contributed by atoms with E-state index in [-0.39, 0.29) is 5.56 Å². The maximum Gasteiger partial charge on any atom is 0.194 e. The van der Waals surface area contributed by atoms with E-state index in [1.54, 1.807) is 13.8 Å². The van der Waals surface area contributed by atoms with Gasteiger partial charge in [-0.25, -0.2) is 18.2 Å². The van der Waals surface area contributed by atoms with Gasteiger partial charge in [0.2, 0.25) is 0 Å². The highest BCUT2D eigenvalue weighted by Crippen LogP contribution is 2.32. The van der Waals surface area contributed by atoms with E-state index in [0.717, 1.165) is 12.1 Å². The van der Waals surface area contributed by atoms with Gasteiger partial charge in [0.05, 0.1) is 15.6 Å². The summed E-state index contributed by atoms with van der Waals surface area (Å²) in [6, 6.07) is 1.83. The molecular weight excluding hydrogens is 263 g/mol. The van der Waals surface area contributed by atoms with Crippen LogP contribution in [0.3, 0.4) is 0 Å². The molecule has 96 valence electrons. The van der Waals surface area contributed by atoms with Gasteiger partial charge in [0.25, 0.3) is 0 Å². The molecular formula is C12H10F3NOS. The summed E-state index contributed by atoms with van der Waals surface area (Å²) >= 11 is 1.19. The summed E-state index contributed by atoms with van der Waals surface area (Å²) in [5, 5.41) is 10.7. The maximum atomic E-state index is 13.5. The zero-order chi connectivity index (χ0) is 13.4. The summed E-state index contributed by atoms with van der Waals surface area (Å²) in [5.74, 6) is -4.22. The average molecular weight is 273 g/mol. The number of rotatable bonds is 2. The molecule has 0 fully saturated rings. The van der Waals surface area contributed by atoms with Crippen molar-refractivity contribution < 1.29 is 18.3 Å². The van der Waals surface area contributed by atoms with Crippen molar-refractivity contribution in [1.82, 2.24) is 4.98 Å². The Balaban J connectivity index is 2.49. The van der Waals surface area contributed by atoms with E-state index in [0.29, 0.717) is 15.6 Å². The monoisotopic (exact) mass is 273 g/mol. The molecule has 18 heavy (non-hydrogen) atoms. The molecule has 1 N–H and O–H groups in total. The van der Waals surface area contributed by atoms with Crippen LogP contribution in [-0.2, 0) is 0 Å². The van der Waals surface area contributed by atoms with Gasteiger partial charge < -0.3 is 5.11 Å². The molecule has 6 heteroatoms. The Bertz CT molecular complexity index is 597. The second kappa shape index (κ2) is 4.70. The molecule has 2 aromatic rings. The molecule has 0 saturated heterocycles. The number of aryl methyl sites for hydroxylation is 2. The third kappa shape index (κ3) is 2.13. The minimum atomic E-state index is -1.58. The molecule has 0 aliphatic rings. The van der Waals surface area contributed by atoms with E-state index in [1.807, 2.05) is 0 Å². The van der Waals surface area contributed by atoms with Crippen LogP contribution in [0, 0.1) is 31.3 Å². The van der Waals surface area contributed by atoms with E-state index < -0.39 is 23.6 Å². The summed E-state index contributed by atoms with van der Waals surface area (Å²) in [4.78, 5) is 4.52. The molecule has 1 aromatic heterocycles. The van der Waals surface area contributed by atoms with Crippen LogP contribution in [0.2, 0.25) is 0 Å². The first-order chi connectivity index (χ1) is 8.41. The number of nitrogens with zero attached hydrogens (tertiary/aromatic N) is 1. The number of hydrogen-bond donors (Lipinski definition) is 1. The standard InChI is InChI=1S/C12H10F3NOS/c1-5-12(18-6(2)16-5)11(17)7-3-4-8(13)10(15)9(7)14/h3-4,11,17H,1-2H3. The van der Waals surface area contributed by atoms with Crippen molar-refractivity contribution in [3.05, 3.63) is 50.7 Å². The smallest absolute Gasteiger partial charge is 0.194 e. The molecule has 2 rings (SSSR count). The molecule has 0 aliphatic carbocycles. The third-order valence-electron chi connectivity index (χ3n) is 2.55. The van der Waals surface area contributed by atoms with Crippen molar-refractivity contribution >= 4 is 11.3 Å². The van der Waals surface area contributed by atoms with Crippen LogP contribution in [0.25, 0.3) is 0 Å². The van der Waals surface area contributed by atoms with Crippen molar-refractivity contribution in [3.63, 3.8) is 0 Å². The lowest BCUT2D eigenvalue weighted by Crippen LogP contribution is -2.05. The lowest BCUT2D eigenvalue weighted by molar-refractivity contribution is 0.215. The van der Waals surface area contributed by atoms with Gasteiger partial charge in [-0.2, -0.15) is 0 Å². The molecule has 1 unspecified atom stereocenters. The van der Waals surface area contributed by atoms with Gasteiger partial charge in [-0.05, 0) is 26.0 Å². The Kier molecular flexibility index (Phi) is 3.41. The van der Waals surface area contributed by atoms with Crippen molar-refractivity contribution in [2.75, 3.05) is 0 Å². The fraction of sp³-hybridized carbons (Fsp3) is 0.250. The summed E-state index contributed by atoms with van der Waals surface area (Å²) in [7, 11) is 0. The maximum absolute atomic E-state index is 13.5. The van der Waals surface area contributed by atoms with Gasteiger partial charge in [-0.3, -0.25) is 0 Å². The Labute approximate surface area is 106 Å². The number of aromatic nitrogens is 1. The van der Waals surface area contributed by atoms with Crippen LogP contribution in [0.15, 0.2) is 12.1 Å². The number of hydrogen-bond acceptors (Lipinski definition) is 3. The summed E-state index contributed by atoms with van der Waals surface area (Å²) < 4.78 is 39.4. The first-order valence-electron chi connectivity index (χ1n) is 5.17. The van der Waals surface area contributed by atoms with Gasteiger partial charge in [0, 0.05) is 5.56 Å². The zero-order valence-electron chi connectivity index (χ0n) is 9.67. The van der Waals surface area contributed by atoms with Crippen molar-refractivity contribution in [1.29, 1.82) is 0 Å². The number of aliphatic hydroxyl groups is 1. The van der Waals surface area contributed by atoms with E-state index in [2.05, 4.69) is 4.98 Å². The number of aliphatic hydroxyl groups excluding tert-OH is 1. The van der Waals surface area contributed by atoms with Gasteiger partial charge in [-0.15, -0.1) is 11.3 Å². The van der Waals surface area contributed by atoms with Gasteiger partial charge >= 0.3 is 0 Å². The minimum absolute atomic E-state index is 0.291. The van der Waals surface area contributed by atoms with Gasteiger partial charge in [0.1, 0.15) is 6.10 Å². The quantitative estimate of drug-likeness (QED) is 0.852. The number of halogens is 3. The Morgan fingerprint density at radius 2 is 1.83 bits per heavy atom. The molecule has 0 saturated carbocycles. The van der Waals surface area contributed by atoms with E-state index in [4.69, 9.17) is 0 Å². The fourth-order valence-corrected chi connectivity index (χ4v) is 2.63. The van der Waals surface area contributed by atoms with Crippen LogP contribution >= 0.6 is 11.3 Å². The molecule has 2 nitrogen and oxygen atoms in total. The van der Waals surface area contributed by atoms with Crippen LogP contribution in [0.5, 0.6) is 0 Å². The first-order valence-corrected chi connectivity index (χ1v) is 5.99. The van der Waals surface area contributed by atoms with E-state index >= 15 is 0 Å². The SMILES string of the molecule is Cc1nc(C)c(C(O)c2ccc(F)c(F)c2F)s1. The van der Waals surface area contributed by atoms with Crippen LogP contribution < -0.4 is 0 Å². The second-order valence-corrected chi connectivity index (χ2v) is 5.08. The molecule has 0 bridgehead atoms. The molecule has 0 spiro atoms. The fourth-order valence-electron chi connectivity index (χ4n) is 1.69. The minimum Gasteiger partial charge on any atom is -0.383 e. The highest BCUT2D eigenvalue weighted by Gasteiger charge is 2.23. The third-order valence-corrected chi connectivity index (χ3v) is 3.67. The molecule has 0 radical (unpaired) electrons. The summed E-state index contributed by atoms with van der Waals surface area (Å²) in [6.45, 7) is 3.41. The number of thiazole rings is 1. The molecule has 1 heterocycles. The van der Waals surface area contributed by atoms with Crippen molar-refractivity contribution in [2.45, 2.75) is 20.0 Å². The summed E-state index contributed by atoms with van der Waals surface area (Å²) in [5.41, 5.74) is 0.259. The molecule has 1 atom stereocenters. The molecule has 0 amide bonds. The lowest BCUT2D eigenvalue weighted by Gasteiger charge is -2.11. The largest absolute Gasteiger partial charge is 0.383 e. The highest BCUT2D eigenvalue weighted by molar-refractivity contribution is 7.11. The Morgan fingerprint density at radius 1 is 1.17 bits per heavy atom. The van der Waals surface area contributed by atoms with Gasteiger partial charge in [0.15, 0.2) is 17.5 Å². The predicted molar refractivity (Wildman–Crippen MR) is 62.0 cm³/mol. The average Bonchev–Trinajstić information content (AvgIpc) is 2.65. The lowest BCUT2D eigenvalue weighted by atomic mass is 10.1. The highest BCUT2D eigenvalue weighted by atomic mass is 32.1. The normalized spacial score (nSPS) is 12.8. The molecule has 0 aliphatic heterocycles. The summed E-state index contributed by atoms with van der Waals surface area (Å²) in [6.07, 6.45) is -1.34. The van der Waals surface area contributed by atoms with E-state index in [1.165, 1.54) is 11.3 Å². The van der Waals surface area contributed by atoms with Crippen LogP contribution in [0.1, 0.15) is 27.2 Å². The molecule has 1 aromatic carbocycles. The Hall–Kier alpha value is -1.40. The van der Waals surface area contributed by atoms with Crippen molar-refractivity contribution in [3.8, 4) is 0 Å². The van der Waals surface area contributed by atoms with Crippen LogP contribution in [0.4, 0.5) is 13.2 Å². The predicted octanol–water partition coefficient (Wildman–Crippen LogP) is 3.26.